The molecule has 2 unspecified atom stereocenters. The summed E-state index contributed by atoms with van der Waals surface area (Å²) in [4.78, 5) is 18.9. The molecule has 1 aliphatic heterocycles. The quantitative estimate of drug-likeness (QED) is 0.903. The molecular formula is C13H20N6S. The SMILES string of the molecule is CCNc1nc(N2CC(C)SC(C)C2)c2[nH]cnc2n1. The lowest BCUT2D eigenvalue weighted by Gasteiger charge is -2.35. The van der Waals surface area contributed by atoms with Crippen molar-refractivity contribution in [3.63, 3.8) is 0 Å². The third-order valence-corrected chi connectivity index (χ3v) is 4.55. The topological polar surface area (TPSA) is 69.7 Å². The highest BCUT2D eigenvalue weighted by atomic mass is 32.2. The molecule has 3 heterocycles. The van der Waals surface area contributed by atoms with Gasteiger partial charge in [-0.2, -0.15) is 21.7 Å². The second-order valence-corrected chi connectivity index (χ2v) is 7.05. The fourth-order valence-corrected chi connectivity index (χ4v) is 3.96. The first-order valence-corrected chi connectivity index (χ1v) is 7.97. The van der Waals surface area contributed by atoms with Crippen LogP contribution < -0.4 is 10.2 Å². The molecule has 1 fully saturated rings. The van der Waals surface area contributed by atoms with Crippen LogP contribution in [0.5, 0.6) is 0 Å². The van der Waals surface area contributed by atoms with Gasteiger partial charge in [0.05, 0.1) is 6.33 Å². The number of nitrogens with one attached hydrogen (secondary N) is 2. The van der Waals surface area contributed by atoms with Gasteiger partial charge in [0.15, 0.2) is 11.5 Å². The van der Waals surface area contributed by atoms with E-state index in [1.165, 1.54) is 0 Å². The van der Waals surface area contributed by atoms with Gasteiger partial charge in [0, 0.05) is 30.1 Å². The largest absolute Gasteiger partial charge is 0.354 e. The minimum absolute atomic E-state index is 0.606. The smallest absolute Gasteiger partial charge is 0.226 e. The molecule has 2 N–H and O–H groups in total. The summed E-state index contributed by atoms with van der Waals surface area (Å²) in [6, 6.07) is 0. The number of fused-ring (bicyclic) bond motifs is 1. The van der Waals surface area contributed by atoms with Gasteiger partial charge in [0.25, 0.3) is 0 Å². The average Bonchev–Trinajstić information content (AvgIpc) is 2.85. The molecule has 2 aromatic rings. The van der Waals surface area contributed by atoms with Crippen molar-refractivity contribution in [2.75, 3.05) is 29.9 Å². The number of nitrogens with zero attached hydrogens (tertiary/aromatic N) is 4. The van der Waals surface area contributed by atoms with E-state index in [0.717, 1.165) is 36.6 Å². The summed E-state index contributed by atoms with van der Waals surface area (Å²) in [5.74, 6) is 1.61. The second-order valence-electron chi connectivity index (χ2n) is 5.16. The lowest BCUT2D eigenvalue weighted by atomic mass is 10.3. The van der Waals surface area contributed by atoms with Gasteiger partial charge in [-0.05, 0) is 6.92 Å². The van der Waals surface area contributed by atoms with E-state index >= 15 is 0 Å². The number of imidazole rings is 1. The summed E-state index contributed by atoms with van der Waals surface area (Å²) in [7, 11) is 0. The molecule has 0 aromatic carbocycles. The molecule has 0 bridgehead atoms. The fourth-order valence-electron chi connectivity index (χ4n) is 2.63. The van der Waals surface area contributed by atoms with Crippen LogP contribution in [0.2, 0.25) is 0 Å². The Morgan fingerprint density at radius 3 is 2.80 bits per heavy atom. The van der Waals surface area contributed by atoms with Crippen molar-refractivity contribution < 1.29 is 0 Å². The number of aromatic amines is 1. The highest BCUT2D eigenvalue weighted by Gasteiger charge is 2.25. The first-order valence-electron chi connectivity index (χ1n) is 7.02. The standard InChI is InChI=1S/C13H20N6S/c1-4-14-13-17-11-10(15-7-16-11)12(18-13)19-5-8(2)20-9(3)6-19/h7-9H,4-6H2,1-3H3,(H2,14,15,16,17,18). The van der Waals surface area contributed by atoms with Crippen molar-refractivity contribution in [2.24, 2.45) is 0 Å². The van der Waals surface area contributed by atoms with Crippen LogP contribution in [0.4, 0.5) is 11.8 Å². The maximum absolute atomic E-state index is 4.68. The Hall–Kier alpha value is -1.50. The van der Waals surface area contributed by atoms with Crippen LogP contribution in [0.3, 0.4) is 0 Å². The number of hydrogen-bond acceptors (Lipinski definition) is 6. The third kappa shape index (κ3) is 2.54. The van der Waals surface area contributed by atoms with Gasteiger partial charge in [-0.25, -0.2) is 4.98 Å². The van der Waals surface area contributed by atoms with Gasteiger partial charge < -0.3 is 15.2 Å². The molecule has 2 atom stereocenters. The molecular weight excluding hydrogens is 272 g/mol. The van der Waals surface area contributed by atoms with E-state index in [2.05, 4.69) is 44.0 Å². The van der Waals surface area contributed by atoms with Crippen molar-refractivity contribution >= 4 is 34.7 Å². The van der Waals surface area contributed by atoms with E-state index in [1.807, 2.05) is 18.7 Å². The van der Waals surface area contributed by atoms with Crippen LogP contribution in [-0.4, -0.2) is 50.1 Å². The molecule has 3 rings (SSSR count). The van der Waals surface area contributed by atoms with Gasteiger partial charge in [-0.3, -0.25) is 0 Å². The lowest BCUT2D eigenvalue weighted by molar-refractivity contribution is 0.720. The number of H-pyrrole nitrogens is 1. The zero-order chi connectivity index (χ0) is 14.1. The monoisotopic (exact) mass is 292 g/mol. The number of thioether (sulfide) groups is 1. The second kappa shape index (κ2) is 5.47. The number of rotatable bonds is 3. The summed E-state index contributed by atoms with van der Waals surface area (Å²) in [5.41, 5.74) is 1.66. The van der Waals surface area contributed by atoms with Crippen LogP contribution in [0.15, 0.2) is 6.33 Å². The summed E-state index contributed by atoms with van der Waals surface area (Å²) in [5, 5.41) is 4.39. The van der Waals surface area contributed by atoms with Crippen LogP contribution in [-0.2, 0) is 0 Å². The number of anilines is 2. The zero-order valence-electron chi connectivity index (χ0n) is 12.1. The summed E-state index contributed by atoms with van der Waals surface area (Å²) in [6.07, 6.45) is 1.68. The van der Waals surface area contributed by atoms with Crippen molar-refractivity contribution in [3.05, 3.63) is 6.33 Å². The molecule has 2 aromatic heterocycles. The predicted molar refractivity (Wildman–Crippen MR) is 84.6 cm³/mol. The number of aromatic nitrogens is 4. The molecule has 0 radical (unpaired) electrons. The molecule has 1 aliphatic rings. The molecule has 7 heteroatoms. The summed E-state index contributed by atoms with van der Waals surface area (Å²) < 4.78 is 0. The van der Waals surface area contributed by atoms with Crippen LogP contribution >= 0.6 is 11.8 Å². The molecule has 20 heavy (non-hydrogen) atoms. The maximum Gasteiger partial charge on any atom is 0.226 e. The highest BCUT2D eigenvalue weighted by Crippen LogP contribution is 2.30. The number of hydrogen-bond donors (Lipinski definition) is 2. The van der Waals surface area contributed by atoms with Crippen LogP contribution in [0.1, 0.15) is 20.8 Å². The minimum atomic E-state index is 0.606. The van der Waals surface area contributed by atoms with E-state index in [4.69, 9.17) is 0 Å². The van der Waals surface area contributed by atoms with Gasteiger partial charge in [-0.15, -0.1) is 0 Å². The van der Waals surface area contributed by atoms with Crippen LogP contribution in [0.25, 0.3) is 11.2 Å². The first-order chi connectivity index (χ1) is 9.67. The van der Waals surface area contributed by atoms with Crippen LogP contribution in [0, 0.1) is 0 Å². The molecule has 0 saturated carbocycles. The summed E-state index contributed by atoms with van der Waals surface area (Å²) >= 11 is 2.04. The Kier molecular flexibility index (Phi) is 3.69. The first kappa shape index (κ1) is 13.5. The highest BCUT2D eigenvalue weighted by molar-refractivity contribution is 8.00. The van der Waals surface area contributed by atoms with Gasteiger partial charge in [-0.1, -0.05) is 13.8 Å². The molecule has 108 valence electrons. The Bertz CT molecular complexity index is 588. The Morgan fingerprint density at radius 1 is 1.35 bits per heavy atom. The molecule has 6 nitrogen and oxygen atoms in total. The zero-order valence-corrected chi connectivity index (χ0v) is 12.9. The molecule has 0 amide bonds. The van der Waals surface area contributed by atoms with Crippen molar-refractivity contribution in [3.8, 4) is 0 Å². The van der Waals surface area contributed by atoms with E-state index < -0.39 is 0 Å². The van der Waals surface area contributed by atoms with E-state index in [1.54, 1.807) is 6.33 Å². The van der Waals surface area contributed by atoms with E-state index in [9.17, 15) is 0 Å². The van der Waals surface area contributed by atoms with Gasteiger partial charge >= 0.3 is 0 Å². The summed E-state index contributed by atoms with van der Waals surface area (Å²) in [6.45, 7) is 9.39. The average molecular weight is 292 g/mol. The van der Waals surface area contributed by atoms with Crippen molar-refractivity contribution in [1.82, 2.24) is 19.9 Å². The Labute approximate surface area is 122 Å². The van der Waals surface area contributed by atoms with Crippen molar-refractivity contribution in [1.29, 1.82) is 0 Å². The van der Waals surface area contributed by atoms with E-state index in [0.29, 0.717) is 16.4 Å². The molecule has 0 aliphatic carbocycles. The van der Waals surface area contributed by atoms with Gasteiger partial charge in [0.2, 0.25) is 5.95 Å². The molecule has 1 saturated heterocycles. The Morgan fingerprint density at radius 2 is 2.10 bits per heavy atom. The van der Waals surface area contributed by atoms with E-state index in [-0.39, 0.29) is 0 Å². The maximum atomic E-state index is 4.68. The Balaban J connectivity index is 2.02. The molecule has 0 spiro atoms. The fraction of sp³-hybridized carbons (Fsp3) is 0.615. The normalized spacial score (nSPS) is 23.2. The van der Waals surface area contributed by atoms with Gasteiger partial charge in [0.1, 0.15) is 5.52 Å². The lowest BCUT2D eigenvalue weighted by Crippen LogP contribution is -2.41. The third-order valence-electron chi connectivity index (χ3n) is 3.32. The minimum Gasteiger partial charge on any atom is -0.354 e. The van der Waals surface area contributed by atoms with Crippen molar-refractivity contribution in [2.45, 2.75) is 31.3 Å². The predicted octanol–water partition coefficient (Wildman–Crippen LogP) is 2.11.